The summed E-state index contributed by atoms with van der Waals surface area (Å²) in [7, 11) is 0. The summed E-state index contributed by atoms with van der Waals surface area (Å²) in [6.45, 7) is 0. The van der Waals surface area contributed by atoms with Gasteiger partial charge in [-0.15, -0.1) is 0 Å². The van der Waals surface area contributed by atoms with Gasteiger partial charge in [-0.3, -0.25) is 9.59 Å². The summed E-state index contributed by atoms with van der Waals surface area (Å²) >= 11 is 4.20. The van der Waals surface area contributed by atoms with Crippen LogP contribution >= 0.6 is 45.2 Å². The first-order chi connectivity index (χ1) is 8.61. The Bertz CT molecular complexity index is 643. The number of benzene rings is 2. The van der Waals surface area contributed by atoms with E-state index < -0.39 is 0 Å². The Labute approximate surface area is 131 Å². The molecule has 2 aromatic carbocycles. The van der Waals surface area contributed by atoms with Crippen molar-refractivity contribution in [3.63, 3.8) is 0 Å². The van der Waals surface area contributed by atoms with Gasteiger partial charge in [0.15, 0.2) is 11.6 Å². The highest BCUT2D eigenvalue weighted by Gasteiger charge is 2.32. The molecule has 0 atom stereocenters. The summed E-state index contributed by atoms with van der Waals surface area (Å²) in [5.41, 5.74) is 2.11. The molecule has 0 unspecified atom stereocenters. The van der Waals surface area contributed by atoms with Crippen LogP contribution in [0.3, 0.4) is 0 Å². The van der Waals surface area contributed by atoms with E-state index in [1.807, 2.05) is 24.3 Å². The quantitative estimate of drug-likeness (QED) is 0.481. The van der Waals surface area contributed by atoms with Crippen molar-refractivity contribution >= 4 is 56.7 Å². The normalized spacial score (nSPS) is 13.2. The maximum Gasteiger partial charge on any atom is 0.195 e. The van der Waals surface area contributed by atoms with Gasteiger partial charge in [0.2, 0.25) is 0 Å². The second-order valence-electron chi connectivity index (χ2n) is 3.98. The van der Waals surface area contributed by atoms with E-state index in [2.05, 4.69) is 45.2 Å². The van der Waals surface area contributed by atoms with Crippen LogP contribution in [0.15, 0.2) is 36.4 Å². The van der Waals surface area contributed by atoms with Crippen LogP contribution in [0.5, 0.6) is 0 Å². The Morgan fingerprint density at radius 2 is 1.06 bits per heavy atom. The summed E-state index contributed by atoms with van der Waals surface area (Å²) in [4.78, 5) is 24.9. The molecule has 0 saturated heterocycles. The Kier molecular flexibility index (Phi) is 3.01. The number of hydrogen-bond acceptors (Lipinski definition) is 2. The Hall–Kier alpha value is -0.760. The molecule has 18 heavy (non-hydrogen) atoms. The lowest BCUT2D eigenvalue weighted by Gasteiger charge is -2.19. The molecule has 0 fully saturated rings. The van der Waals surface area contributed by atoms with E-state index in [-0.39, 0.29) is 11.6 Å². The van der Waals surface area contributed by atoms with Crippen molar-refractivity contribution in [3.8, 4) is 0 Å². The molecule has 88 valence electrons. The molecule has 1 aliphatic rings. The van der Waals surface area contributed by atoms with Gasteiger partial charge < -0.3 is 0 Å². The van der Waals surface area contributed by atoms with Crippen molar-refractivity contribution in [1.82, 2.24) is 0 Å². The number of carbonyl (C=O) groups excluding carboxylic acids is 2. The third-order valence-electron chi connectivity index (χ3n) is 2.97. The van der Waals surface area contributed by atoms with Crippen LogP contribution in [-0.2, 0) is 0 Å². The number of ketones is 2. The molecule has 4 heteroatoms. The lowest BCUT2D eigenvalue weighted by atomic mass is 9.84. The molecule has 0 bridgehead atoms. The number of fused-ring (bicyclic) bond motifs is 2. The largest absolute Gasteiger partial charge is 0.289 e. The molecule has 0 amide bonds. The highest BCUT2D eigenvalue weighted by Crippen LogP contribution is 2.32. The monoisotopic (exact) mass is 460 g/mol. The zero-order chi connectivity index (χ0) is 12.9. The van der Waals surface area contributed by atoms with E-state index in [0.29, 0.717) is 22.3 Å². The highest BCUT2D eigenvalue weighted by atomic mass is 127. The Morgan fingerprint density at radius 1 is 0.667 bits per heavy atom. The summed E-state index contributed by atoms with van der Waals surface area (Å²) in [6, 6.07) is 10.8. The molecule has 0 aliphatic heterocycles. The summed E-state index contributed by atoms with van der Waals surface area (Å²) in [5, 5.41) is 0. The maximum absolute atomic E-state index is 12.5. The van der Waals surface area contributed by atoms with Gasteiger partial charge >= 0.3 is 0 Å². The highest BCUT2D eigenvalue weighted by molar-refractivity contribution is 14.1. The Morgan fingerprint density at radius 3 is 1.44 bits per heavy atom. The van der Waals surface area contributed by atoms with Gasteiger partial charge in [0.25, 0.3) is 0 Å². The van der Waals surface area contributed by atoms with Crippen LogP contribution in [0.25, 0.3) is 0 Å². The Balaban J connectivity index is 2.40. The molecule has 0 radical (unpaired) electrons. The van der Waals surface area contributed by atoms with Crippen molar-refractivity contribution in [2.24, 2.45) is 0 Å². The molecule has 2 nitrogen and oxygen atoms in total. The van der Waals surface area contributed by atoms with E-state index in [1.165, 1.54) is 0 Å². The lowest BCUT2D eigenvalue weighted by molar-refractivity contribution is 0.0978. The van der Waals surface area contributed by atoms with Crippen LogP contribution in [0.2, 0.25) is 0 Å². The van der Waals surface area contributed by atoms with Gasteiger partial charge in [-0.05, 0) is 57.3 Å². The van der Waals surface area contributed by atoms with Crippen molar-refractivity contribution in [2.75, 3.05) is 0 Å². The molecule has 1 aliphatic carbocycles. The van der Waals surface area contributed by atoms with Gasteiger partial charge in [-0.2, -0.15) is 0 Å². The molecule has 0 aromatic heterocycles. The molecule has 2 aromatic rings. The predicted molar refractivity (Wildman–Crippen MR) is 85.2 cm³/mol. The van der Waals surface area contributed by atoms with E-state index in [0.717, 1.165) is 7.14 Å². The van der Waals surface area contributed by atoms with E-state index in [9.17, 15) is 9.59 Å². The number of halogens is 2. The van der Waals surface area contributed by atoms with Crippen LogP contribution in [0.4, 0.5) is 0 Å². The van der Waals surface area contributed by atoms with E-state index >= 15 is 0 Å². The topological polar surface area (TPSA) is 34.1 Å². The first-order valence-electron chi connectivity index (χ1n) is 5.27. The smallest absolute Gasteiger partial charge is 0.195 e. The van der Waals surface area contributed by atoms with Crippen LogP contribution in [0, 0.1) is 7.14 Å². The number of hydrogen-bond donors (Lipinski definition) is 0. The zero-order valence-electron chi connectivity index (χ0n) is 9.04. The molecule has 0 saturated carbocycles. The van der Waals surface area contributed by atoms with E-state index in [1.54, 1.807) is 12.1 Å². The molecule has 3 rings (SSSR count). The fraction of sp³-hybridized carbons (Fsp3) is 0. The van der Waals surface area contributed by atoms with Crippen LogP contribution < -0.4 is 0 Å². The minimum Gasteiger partial charge on any atom is -0.289 e. The lowest BCUT2D eigenvalue weighted by Crippen LogP contribution is -2.23. The average molecular weight is 460 g/mol. The third-order valence-corrected chi connectivity index (χ3v) is 4.77. The fourth-order valence-electron chi connectivity index (χ4n) is 2.16. The number of carbonyl (C=O) groups is 2. The average Bonchev–Trinajstić information content (AvgIpc) is 2.35. The maximum atomic E-state index is 12.5. The standard InChI is InChI=1S/C14H6I2O2/c15-9-5-1-3-7-11(9)14(18)8-4-2-6-10(16)12(8)13(7)17/h1-6H. The number of rotatable bonds is 0. The van der Waals surface area contributed by atoms with Gasteiger partial charge in [0.1, 0.15) is 0 Å². The molecular formula is C14H6I2O2. The van der Waals surface area contributed by atoms with Crippen molar-refractivity contribution < 1.29 is 9.59 Å². The van der Waals surface area contributed by atoms with Crippen LogP contribution in [0.1, 0.15) is 31.8 Å². The third kappa shape index (κ3) is 1.65. The molecule has 0 N–H and O–H groups in total. The zero-order valence-corrected chi connectivity index (χ0v) is 13.4. The summed E-state index contributed by atoms with van der Waals surface area (Å²) in [6.07, 6.45) is 0. The molecular weight excluding hydrogens is 454 g/mol. The van der Waals surface area contributed by atoms with E-state index in [4.69, 9.17) is 0 Å². The second kappa shape index (κ2) is 4.41. The minimum absolute atomic E-state index is 0.0527. The van der Waals surface area contributed by atoms with Crippen LogP contribution in [-0.4, -0.2) is 11.6 Å². The SMILES string of the molecule is O=C1c2cccc(I)c2C(=O)c2cccc(I)c21. The van der Waals surface area contributed by atoms with Gasteiger partial charge in [-0.25, -0.2) is 0 Å². The predicted octanol–water partition coefficient (Wildman–Crippen LogP) is 3.67. The fourth-order valence-corrected chi connectivity index (χ4v) is 3.64. The van der Waals surface area contributed by atoms with Gasteiger partial charge in [-0.1, -0.05) is 24.3 Å². The second-order valence-corrected chi connectivity index (χ2v) is 6.31. The molecule has 0 spiro atoms. The summed E-state index contributed by atoms with van der Waals surface area (Å²) in [5.74, 6) is -0.105. The first kappa shape index (κ1) is 12.3. The first-order valence-corrected chi connectivity index (χ1v) is 7.43. The van der Waals surface area contributed by atoms with Crippen molar-refractivity contribution in [2.45, 2.75) is 0 Å². The van der Waals surface area contributed by atoms with Gasteiger partial charge in [0, 0.05) is 29.4 Å². The summed E-state index contributed by atoms with van der Waals surface area (Å²) < 4.78 is 1.65. The molecule has 0 heterocycles. The van der Waals surface area contributed by atoms with Crippen molar-refractivity contribution in [3.05, 3.63) is 65.8 Å². The van der Waals surface area contributed by atoms with Gasteiger partial charge in [0.05, 0.1) is 0 Å². The van der Waals surface area contributed by atoms with Crippen molar-refractivity contribution in [1.29, 1.82) is 0 Å². The minimum atomic E-state index is -0.0527.